The monoisotopic (exact) mass is 220 g/mol. The molecule has 16 heavy (non-hydrogen) atoms. The van der Waals surface area contributed by atoms with Crippen LogP contribution < -0.4 is 10.6 Å². The minimum atomic E-state index is 0.514. The predicted octanol–water partition coefficient (Wildman–Crippen LogP) is 1.71. The molecule has 4 nitrogen and oxygen atoms in total. The fraction of sp³-hybridized carbons (Fsp3) is 0.667. The molecule has 0 radical (unpaired) electrons. The van der Waals surface area contributed by atoms with E-state index in [0.717, 1.165) is 24.6 Å². The predicted molar refractivity (Wildman–Crippen MR) is 65.2 cm³/mol. The molecule has 0 amide bonds. The van der Waals surface area contributed by atoms with E-state index in [-0.39, 0.29) is 0 Å². The van der Waals surface area contributed by atoms with Gasteiger partial charge in [0.2, 0.25) is 5.95 Å². The zero-order valence-electron chi connectivity index (χ0n) is 9.73. The molecule has 2 rings (SSSR count). The topological polar surface area (TPSA) is 55.0 Å². The number of aromatic nitrogens is 2. The maximum Gasteiger partial charge on any atom is 0.225 e. The van der Waals surface area contributed by atoms with Crippen LogP contribution in [0.4, 0.5) is 5.95 Å². The Morgan fingerprint density at radius 2 is 1.56 bits per heavy atom. The van der Waals surface area contributed by atoms with E-state index in [1.54, 1.807) is 0 Å². The van der Waals surface area contributed by atoms with Crippen LogP contribution in [0.25, 0.3) is 0 Å². The van der Waals surface area contributed by atoms with Crippen LogP contribution in [-0.2, 0) is 6.54 Å². The summed E-state index contributed by atoms with van der Waals surface area (Å²) in [5, 5.41) is 0. The molecule has 0 aromatic carbocycles. The molecule has 0 bridgehead atoms. The van der Waals surface area contributed by atoms with Crippen LogP contribution in [0.3, 0.4) is 0 Å². The van der Waals surface area contributed by atoms with Gasteiger partial charge in [-0.05, 0) is 12.8 Å². The van der Waals surface area contributed by atoms with Gasteiger partial charge in [-0.15, -0.1) is 0 Å². The van der Waals surface area contributed by atoms with Gasteiger partial charge < -0.3 is 10.6 Å². The van der Waals surface area contributed by atoms with Crippen molar-refractivity contribution < 1.29 is 0 Å². The zero-order valence-corrected chi connectivity index (χ0v) is 9.73. The van der Waals surface area contributed by atoms with Gasteiger partial charge in [-0.3, -0.25) is 0 Å². The third-order valence-electron chi connectivity index (χ3n) is 3.07. The van der Waals surface area contributed by atoms with Crippen LogP contribution >= 0.6 is 0 Å². The van der Waals surface area contributed by atoms with Crippen LogP contribution in [-0.4, -0.2) is 23.1 Å². The highest BCUT2D eigenvalue weighted by molar-refractivity contribution is 5.29. The van der Waals surface area contributed by atoms with Crippen molar-refractivity contribution in [3.63, 3.8) is 0 Å². The summed E-state index contributed by atoms with van der Waals surface area (Å²) in [6.07, 6.45) is 10.2. The van der Waals surface area contributed by atoms with Gasteiger partial charge >= 0.3 is 0 Å². The second kappa shape index (κ2) is 5.80. The van der Waals surface area contributed by atoms with Crippen molar-refractivity contribution in [1.29, 1.82) is 0 Å². The van der Waals surface area contributed by atoms with Crippen LogP contribution in [0.15, 0.2) is 12.4 Å². The molecule has 0 saturated carbocycles. The highest BCUT2D eigenvalue weighted by atomic mass is 15.2. The second-order valence-electron chi connectivity index (χ2n) is 4.35. The van der Waals surface area contributed by atoms with E-state index in [1.165, 1.54) is 32.1 Å². The molecule has 1 saturated heterocycles. The summed E-state index contributed by atoms with van der Waals surface area (Å²) in [7, 11) is 0. The minimum Gasteiger partial charge on any atom is -0.341 e. The molecule has 1 aromatic rings. The highest BCUT2D eigenvalue weighted by Gasteiger charge is 2.10. The lowest BCUT2D eigenvalue weighted by Crippen LogP contribution is -2.28. The third-order valence-corrected chi connectivity index (χ3v) is 3.07. The van der Waals surface area contributed by atoms with E-state index >= 15 is 0 Å². The SMILES string of the molecule is NCc1cnc(N2CCCCCCC2)nc1. The van der Waals surface area contributed by atoms with Crippen molar-refractivity contribution >= 4 is 5.95 Å². The summed E-state index contributed by atoms with van der Waals surface area (Å²) in [4.78, 5) is 11.1. The van der Waals surface area contributed by atoms with Crippen molar-refractivity contribution in [1.82, 2.24) is 9.97 Å². The summed E-state index contributed by atoms with van der Waals surface area (Å²) in [5.74, 6) is 0.860. The van der Waals surface area contributed by atoms with Crippen molar-refractivity contribution in [2.45, 2.75) is 38.6 Å². The van der Waals surface area contributed by atoms with Gasteiger partial charge in [0.25, 0.3) is 0 Å². The molecule has 2 heterocycles. The van der Waals surface area contributed by atoms with Crippen LogP contribution in [0.5, 0.6) is 0 Å². The number of hydrogen-bond acceptors (Lipinski definition) is 4. The van der Waals surface area contributed by atoms with E-state index in [1.807, 2.05) is 12.4 Å². The van der Waals surface area contributed by atoms with E-state index in [2.05, 4.69) is 14.9 Å². The fourth-order valence-electron chi connectivity index (χ4n) is 2.06. The summed E-state index contributed by atoms with van der Waals surface area (Å²) in [6.45, 7) is 2.68. The quantitative estimate of drug-likeness (QED) is 0.824. The van der Waals surface area contributed by atoms with Gasteiger partial charge in [-0.25, -0.2) is 9.97 Å². The summed E-state index contributed by atoms with van der Waals surface area (Å²) in [5.41, 5.74) is 6.53. The van der Waals surface area contributed by atoms with Crippen molar-refractivity contribution in [2.75, 3.05) is 18.0 Å². The first kappa shape index (κ1) is 11.3. The lowest BCUT2D eigenvalue weighted by Gasteiger charge is -2.24. The Morgan fingerprint density at radius 3 is 2.12 bits per heavy atom. The fourth-order valence-corrected chi connectivity index (χ4v) is 2.06. The molecule has 1 aliphatic heterocycles. The Kier molecular flexibility index (Phi) is 4.10. The number of hydrogen-bond donors (Lipinski definition) is 1. The maximum atomic E-state index is 5.53. The average Bonchev–Trinajstić information content (AvgIpc) is 2.29. The molecular formula is C12H20N4. The Hall–Kier alpha value is -1.16. The van der Waals surface area contributed by atoms with E-state index in [0.29, 0.717) is 6.54 Å². The number of anilines is 1. The summed E-state index contributed by atoms with van der Waals surface area (Å²) in [6, 6.07) is 0. The Balaban J connectivity index is 2.02. The molecule has 0 atom stereocenters. The zero-order chi connectivity index (χ0) is 11.2. The number of nitrogens with two attached hydrogens (primary N) is 1. The minimum absolute atomic E-state index is 0.514. The molecule has 0 aliphatic carbocycles. The van der Waals surface area contributed by atoms with E-state index in [4.69, 9.17) is 5.73 Å². The first-order chi connectivity index (χ1) is 7.90. The lowest BCUT2D eigenvalue weighted by atomic mass is 10.1. The maximum absolute atomic E-state index is 5.53. The number of nitrogens with zero attached hydrogens (tertiary/aromatic N) is 3. The normalized spacial score (nSPS) is 17.9. The van der Waals surface area contributed by atoms with Gasteiger partial charge in [-0.2, -0.15) is 0 Å². The molecule has 1 aliphatic rings. The number of rotatable bonds is 2. The smallest absolute Gasteiger partial charge is 0.225 e. The molecule has 0 unspecified atom stereocenters. The van der Waals surface area contributed by atoms with Crippen molar-refractivity contribution in [3.8, 4) is 0 Å². The van der Waals surface area contributed by atoms with Crippen LogP contribution in [0.2, 0.25) is 0 Å². The molecular weight excluding hydrogens is 200 g/mol. The molecule has 1 aromatic heterocycles. The van der Waals surface area contributed by atoms with Crippen molar-refractivity contribution in [2.24, 2.45) is 5.73 Å². The summed E-state index contributed by atoms with van der Waals surface area (Å²) >= 11 is 0. The van der Waals surface area contributed by atoms with Crippen molar-refractivity contribution in [3.05, 3.63) is 18.0 Å². The van der Waals surface area contributed by atoms with Gasteiger partial charge in [0, 0.05) is 37.6 Å². The molecule has 1 fully saturated rings. The van der Waals surface area contributed by atoms with Crippen LogP contribution in [0.1, 0.15) is 37.7 Å². The molecule has 0 spiro atoms. The Labute approximate surface area is 96.9 Å². The standard InChI is InChI=1S/C12H20N4/c13-8-11-9-14-12(15-10-11)16-6-4-2-1-3-5-7-16/h9-10H,1-8,13H2. The molecule has 4 heteroatoms. The highest BCUT2D eigenvalue weighted by Crippen LogP contribution is 2.14. The Morgan fingerprint density at radius 1 is 1.00 bits per heavy atom. The second-order valence-corrected chi connectivity index (χ2v) is 4.35. The first-order valence-corrected chi connectivity index (χ1v) is 6.16. The lowest BCUT2D eigenvalue weighted by molar-refractivity contribution is 0.550. The molecule has 2 N–H and O–H groups in total. The largest absolute Gasteiger partial charge is 0.341 e. The Bertz CT molecular complexity index is 301. The third kappa shape index (κ3) is 2.92. The average molecular weight is 220 g/mol. The van der Waals surface area contributed by atoms with Gasteiger partial charge in [0.05, 0.1) is 0 Å². The first-order valence-electron chi connectivity index (χ1n) is 6.16. The van der Waals surface area contributed by atoms with Gasteiger partial charge in [-0.1, -0.05) is 19.3 Å². The van der Waals surface area contributed by atoms with Crippen LogP contribution in [0, 0.1) is 0 Å². The van der Waals surface area contributed by atoms with E-state index < -0.39 is 0 Å². The van der Waals surface area contributed by atoms with E-state index in [9.17, 15) is 0 Å². The summed E-state index contributed by atoms with van der Waals surface area (Å²) < 4.78 is 0. The van der Waals surface area contributed by atoms with Gasteiger partial charge in [0.15, 0.2) is 0 Å². The van der Waals surface area contributed by atoms with Gasteiger partial charge in [0.1, 0.15) is 0 Å². The molecule has 88 valence electrons.